The van der Waals surface area contributed by atoms with Crippen molar-refractivity contribution >= 4 is 23.2 Å². The van der Waals surface area contributed by atoms with Gasteiger partial charge in [-0.2, -0.15) is 0 Å². The molecule has 0 aliphatic heterocycles. The molecule has 1 fully saturated rings. The molecule has 0 unspecified atom stereocenters. The predicted molar refractivity (Wildman–Crippen MR) is 113 cm³/mol. The number of aryl methyl sites for hydroxylation is 1. The van der Waals surface area contributed by atoms with Gasteiger partial charge in [0.05, 0.1) is 0 Å². The van der Waals surface area contributed by atoms with Gasteiger partial charge in [-0.1, -0.05) is 43.5 Å². The molecule has 2 amide bonds. The Labute approximate surface area is 166 Å². The fraction of sp³-hybridized carbons (Fsp3) is 0.391. The largest absolute Gasteiger partial charge is 0.330 e. The summed E-state index contributed by atoms with van der Waals surface area (Å²) in [6.45, 7) is 2.47. The Kier molecular flexibility index (Phi) is 6.47. The van der Waals surface area contributed by atoms with Crippen molar-refractivity contribution in [1.82, 2.24) is 0 Å². The van der Waals surface area contributed by atoms with Gasteiger partial charge >= 0.3 is 0 Å². The lowest BCUT2D eigenvalue weighted by Crippen LogP contribution is -2.36. The van der Waals surface area contributed by atoms with E-state index in [2.05, 4.69) is 10.6 Å². The Morgan fingerprint density at radius 2 is 1.71 bits per heavy atom. The molecule has 1 saturated carbocycles. The summed E-state index contributed by atoms with van der Waals surface area (Å²) in [5.41, 5.74) is 8.78. The van der Waals surface area contributed by atoms with Crippen LogP contribution in [0.3, 0.4) is 0 Å². The molecule has 5 nitrogen and oxygen atoms in total. The van der Waals surface area contributed by atoms with Crippen LogP contribution in [0.5, 0.6) is 0 Å². The molecule has 0 bridgehead atoms. The fourth-order valence-electron chi connectivity index (χ4n) is 3.91. The zero-order valence-electron chi connectivity index (χ0n) is 16.5. The molecule has 3 rings (SSSR count). The first kappa shape index (κ1) is 20.1. The molecule has 0 radical (unpaired) electrons. The highest BCUT2D eigenvalue weighted by Crippen LogP contribution is 2.38. The summed E-state index contributed by atoms with van der Waals surface area (Å²) in [5, 5.41) is 5.87. The minimum atomic E-state index is -0.201. The molecule has 148 valence electrons. The topological polar surface area (TPSA) is 84.2 Å². The molecule has 2 aromatic carbocycles. The average molecular weight is 380 g/mol. The first-order valence-corrected chi connectivity index (χ1v) is 9.98. The van der Waals surface area contributed by atoms with Gasteiger partial charge in [-0.05, 0) is 61.6 Å². The minimum Gasteiger partial charge on any atom is -0.330 e. The fourth-order valence-corrected chi connectivity index (χ4v) is 3.91. The van der Waals surface area contributed by atoms with Gasteiger partial charge in [0, 0.05) is 23.4 Å². The summed E-state index contributed by atoms with van der Waals surface area (Å²) in [4.78, 5) is 25.2. The molecule has 0 spiro atoms. The SMILES string of the molecule is Cc1ccc(C(=O)Nc2ccccc2)cc1NC(=O)CC1(CN)CCCCC1. The maximum absolute atomic E-state index is 12.7. The second-order valence-electron chi connectivity index (χ2n) is 7.84. The van der Waals surface area contributed by atoms with Crippen molar-refractivity contribution in [3.8, 4) is 0 Å². The van der Waals surface area contributed by atoms with Gasteiger partial charge in [-0.3, -0.25) is 9.59 Å². The van der Waals surface area contributed by atoms with E-state index in [1.807, 2.05) is 43.3 Å². The maximum atomic E-state index is 12.7. The number of rotatable bonds is 6. The number of para-hydroxylation sites is 1. The van der Waals surface area contributed by atoms with Crippen molar-refractivity contribution in [3.63, 3.8) is 0 Å². The second-order valence-corrected chi connectivity index (χ2v) is 7.84. The molecule has 2 aromatic rings. The second kappa shape index (κ2) is 9.02. The first-order valence-electron chi connectivity index (χ1n) is 9.98. The first-order chi connectivity index (χ1) is 13.5. The van der Waals surface area contributed by atoms with Gasteiger partial charge in [0.1, 0.15) is 0 Å². The molecule has 0 heterocycles. The highest BCUT2D eigenvalue weighted by Gasteiger charge is 2.33. The van der Waals surface area contributed by atoms with Crippen LogP contribution in [0.2, 0.25) is 0 Å². The lowest BCUT2D eigenvalue weighted by atomic mass is 9.71. The molecule has 1 aliphatic carbocycles. The summed E-state index contributed by atoms with van der Waals surface area (Å²) in [6.07, 6.45) is 5.95. The molecule has 0 aromatic heterocycles. The quantitative estimate of drug-likeness (QED) is 0.691. The summed E-state index contributed by atoms with van der Waals surface area (Å²) >= 11 is 0. The van der Waals surface area contributed by atoms with Crippen LogP contribution >= 0.6 is 0 Å². The van der Waals surface area contributed by atoms with Crippen molar-refractivity contribution in [2.45, 2.75) is 45.4 Å². The molecular formula is C23H29N3O2. The Bertz CT molecular complexity index is 827. The van der Waals surface area contributed by atoms with Gasteiger partial charge in [-0.15, -0.1) is 0 Å². The standard InChI is InChI=1S/C23H29N3O2/c1-17-10-11-18(22(28)25-19-8-4-2-5-9-19)14-20(17)26-21(27)15-23(16-24)12-6-3-7-13-23/h2,4-5,8-11,14H,3,6-7,12-13,15-16,24H2,1H3,(H,25,28)(H,26,27). The van der Waals surface area contributed by atoms with Crippen LogP contribution in [0.25, 0.3) is 0 Å². The van der Waals surface area contributed by atoms with E-state index in [-0.39, 0.29) is 17.2 Å². The van der Waals surface area contributed by atoms with E-state index in [4.69, 9.17) is 5.73 Å². The van der Waals surface area contributed by atoms with E-state index >= 15 is 0 Å². The normalized spacial score (nSPS) is 15.6. The Hall–Kier alpha value is -2.66. The number of amides is 2. The van der Waals surface area contributed by atoms with Gasteiger partial charge < -0.3 is 16.4 Å². The van der Waals surface area contributed by atoms with Crippen LogP contribution in [-0.4, -0.2) is 18.4 Å². The molecule has 0 saturated heterocycles. The van der Waals surface area contributed by atoms with E-state index in [1.54, 1.807) is 12.1 Å². The molecular weight excluding hydrogens is 350 g/mol. The van der Waals surface area contributed by atoms with E-state index in [1.165, 1.54) is 6.42 Å². The summed E-state index contributed by atoms with van der Waals surface area (Å²) < 4.78 is 0. The van der Waals surface area contributed by atoms with Crippen molar-refractivity contribution in [1.29, 1.82) is 0 Å². The number of nitrogens with one attached hydrogen (secondary N) is 2. The highest BCUT2D eigenvalue weighted by molar-refractivity contribution is 6.05. The summed E-state index contributed by atoms with van der Waals surface area (Å²) in [5.74, 6) is -0.233. The van der Waals surface area contributed by atoms with Crippen LogP contribution in [0, 0.1) is 12.3 Å². The molecule has 5 heteroatoms. The van der Waals surface area contributed by atoms with E-state index in [9.17, 15) is 9.59 Å². The highest BCUT2D eigenvalue weighted by atomic mass is 16.2. The summed E-state index contributed by atoms with van der Waals surface area (Å²) in [7, 11) is 0. The average Bonchev–Trinajstić information content (AvgIpc) is 2.71. The zero-order chi connectivity index (χ0) is 20.0. The number of hydrogen-bond donors (Lipinski definition) is 3. The van der Waals surface area contributed by atoms with E-state index in [0.717, 1.165) is 36.9 Å². The van der Waals surface area contributed by atoms with Crippen LogP contribution < -0.4 is 16.4 Å². The van der Waals surface area contributed by atoms with Gasteiger partial charge in [0.15, 0.2) is 0 Å². The molecule has 0 atom stereocenters. The van der Waals surface area contributed by atoms with Crippen LogP contribution in [0.4, 0.5) is 11.4 Å². The maximum Gasteiger partial charge on any atom is 0.255 e. The minimum absolute atomic E-state index is 0.0314. The Balaban J connectivity index is 1.69. The predicted octanol–water partition coefficient (Wildman–Crippen LogP) is 4.49. The molecule has 28 heavy (non-hydrogen) atoms. The van der Waals surface area contributed by atoms with Gasteiger partial charge in [-0.25, -0.2) is 0 Å². The third-order valence-electron chi connectivity index (χ3n) is 5.69. The Morgan fingerprint density at radius 1 is 1.00 bits per heavy atom. The number of nitrogens with two attached hydrogens (primary N) is 1. The monoisotopic (exact) mass is 379 g/mol. The number of anilines is 2. The van der Waals surface area contributed by atoms with Crippen LogP contribution in [0.1, 0.15) is 54.4 Å². The zero-order valence-corrected chi connectivity index (χ0v) is 16.5. The molecule has 4 N–H and O–H groups in total. The summed E-state index contributed by atoms with van der Waals surface area (Å²) in [6, 6.07) is 14.7. The number of hydrogen-bond acceptors (Lipinski definition) is 3. The lowest BCUT2D eigenvalue weighted by molar-refractivity contribution is -0.118. The smallest absolute Gasteiger partial charge is 0.255 e. The van der Waals surface area contributed by atoms with Crippen molar-refractivity contribution in [3.05, 3.63) is 59.7 Å². The van der Waals surface area contributed by atoms with Crippen LogP contribution in [0.15, 0.2) is 48.5 Å². The van der Waals surface area contributed by atoms with Crippen molar-refractivity contribution in [2.75, 3.05) is 17.2 Å². The van der Waals surface area contributed by atoms with E-state index < -0.39 is 0 Å². The third-order valence-corrected chi connectivity index (χ3v) is 5.69. The lowest BCUT2D eigenvalue weighted by Gasteiger charge is -2.35. The third kappa shape index (κ3) is 4.98. The van der Waals surface area contributed by atoms with Crippen LogP contribution in [-0.2, 0) is 4.79 Å². The van der Waals surface area contributed by atoms with Gasteiger partial charge in [0.25, 0.3) is 5.91 Å². The van der Waals surface area contributed by atoms with E-state index in [0.29, 0.717) is 24.2 Å². The number of carbonyl (C=O) groups excluding carboxylic acids is 2. The Morgan fingerprint density at radius 3 is 2.39 bits per heavy atom. The van der Waals surface area contributed by atoms with Crippen molar-refractivity contribution < 1.29 is 9.59 Å². The number of benzene rings is 2. The number of carbonyl (C=O) groups is 2. The molecule has 1 aliphatic rings. The van der Waals surface area contributed by atoms with Gasteiger partial charge in [0.2, 0.25) is 5.91 Å². The van der Waals surface area contributed by atoms with Crippen molar-refractivity contribution in [2.24, 2.45) is 11.1 Å².